The van der Waals surface area contributed by atoms with E-state index in [9.17, 15) is 14.3 Å². The van der Waals surface area contributed by atoms with Gasteiger partial charge in [-0.1, -0.05) is 13.8 Å². The fraction of sp³-hybridized carbons (Fsp3) is 0.667. The molecule has 2 aliphatic heterocycles. The molecule has 3 heterocycles. The Kier molecular flexibility index (Phi) is 14.7. The van der Waals surface area contributed by atoms with Crippen molar-refractivity contribution in [2.75, 3.05) is 64.4 Å². The van der Waals surface area contributed by atoms with E-state index < -0.39 is 11.9 Å². The first-order chi connectivity index (χ1) is 22.5. The van der Waals surface area contributed by atoms with Crippen molar-refractivity contribution in [2.45, 2.75) is 72.1 Å². The summed E-state index contributed by atoms with van der Waals surface area (Å²) in [6.07, 6.45) is 4.12. The van der Waals surface area contributed by atoms with Gasteiger partial charge in [0, 0.05) is 63.9 Å². The molecule has 2 aliphatic rings. The van der Waals surface area contributed by atoms with Gasteiger partial charge in [-0.25, -0.2) is 9.37 Å². The molecular weight excluding hydrogens is 609 g/mol. The van der Waals surface area contributed by atoms with Gasteiger partial charge in [0.1, 0.15) is 17.9 Å². The van der Waals surface area contributed by atoms with Crippen LogP contribution in [0.1, 0.15) is 64.2 Å². The molecular formula is C33H52FN7O6. The van der Waals surface area contributed by atoms with Gasteiger partial charge in [0.2, 0.25) is 0 Å². The van der Waals surface area contributed by atoms with Crippen LogP contribution in [0.2, 0.25) is 0 Å². The number of aromatic nitrogens is 3. The molecule has 0 radical (unpaired) electrons. The average molecular weight is 662 g/mol. The molecule has 2 saturated heterocycles. The van der Waals surface area contributed by atoms with E-state index in [1.807, 2.05) is 20.8 Å². The number of aliphatic hydroxyl groups is 1. The third kappa shape index (κ3) is 10.3. The molecule has 3 N–H and O–H groups in total. The maximum atomic E-state index is 14.3. The van der Waals surface area contributed by atoms with Crippen molar-refractivity contribution in [3.8, 4) is 11.6 Å². The number of carbonyl (C=O) groups excluding carboxylic acids is 1. The highest BCUT2D eigenvalue weighted by molar-refractivity contribution is 5.97. The highest BCUT2D eigenvalue weighted by atomic mass is 19.1. The molecule has 4 rings (SSSR count). The first-order valence-corrected chi connectivity index (χ1v) is 16.4. The van der Waals surface area contributed by atoms with E-state index in [2.05, 4.69) is 44.1 Å². The molecule has 1 spiro atoms. The Hall–Kier alpha value is -3.46. The van der Waals surface area contributed by atoms with Crippen LogP contribution in [-0.4, -0.2) is 125 Å². The second kappa shape index (κ2) is 18.2. The number of hydrogen-bond acceptors (Lipinski definition) is 11. The second-order valence-corrected chi connectivity index (χ2v) is 13.0. The summed E-state index contributed by atoms with van der Waals surface area (Å²) in [5.74, 6) is 0.746. The highest BCUT2D eigenvalue weighted by Gasteiger charge is 2.50. The number of carbonyl (C=O) groups is 2. The van der Waals surface area contributed by atoms with Crippen LogP contribution >= 0.6 is 0 Å². The van der Waals surface area contributed by atoms with E-state index in [1.54, 1.807) is 12.0 Å². The van der Waals surface area contributed by atoms with Crippen LogP contribution in [0.25, 0.3) is 0 Å². The number of anilines is 1. The Morgan fingerprint density at radius 3 is 2.60 bits per heavy atom. The van der Waals surface area contributed by atoms with Crippen molar-refractivity contribution < 1.29 is 33.7 Å². The quantitative estimate of drug-likeness (QED) is 0.179. The molecule has 0 aliphatic carbocycles. The predicted molar refractivity (Wildman–Crippen MR) is 176 cm³/mol. The Morgan fingerprint density at radius 2 is 1.96 bits per heavy atom. The van der Waals surface area contributed by atoms with Crippen LogP contribution < -0.4 is 15.0 Å². The Bertz CT molecular complexity index is 1280. The Balaban J connectivity index is 0.00000192. The van der Waals surface area contributed by atoms with Crippen LogP contribution in [-0.2, 0) is 9.53 Å². The fourth-order valence-electron chi connectivity index (χ4n) is 6.62. The highest BCUT2D eigenvalue weighted by Crippen LogP contribution is 2.44. The van der Waals surface area contributed by atoms with Crippen molar-refractivity contribution in [1.82, 2.24) is 30.3 Å². The smallest absolute Gasteiger partial charge is 0.290 e. The Morgan fingerprint density at radius 1 is 1.23 bits per heavy atom. The number of rotatable bonds is 16. The van der Waals surface area contributed by atoms with Crippen LogP contribution in [0.15, 0.2) is 24.5 Å². The van der Waals surface area contributed by atoms with Crippen molar-refractivity contribution in [2.24, 2.45) is 11.3 Å². The molecule has 262 valence electrons. The summed E-state index contributed by atoms with van der Waals surface area (Å²) in [6, 6.07) is 4.41. The van der Waals surface area contributed by atoms with Crippen LogP contribution in [0, 0.1) is 17.2 Å². The minimum atomic E-state index is -0.508. The molecule has 2 aromatic rings. The van der Waals surface area contributed by atoms with E-state index in [0.717, 1.165) is 52.0 Å². The van der Waals surface area contributed by atoms with E-state index >= 15 is 0 Å². The van der Waals surface area contributed by atoms with E-state index in [4.69, 9.17) is 19.4 Å². The standard InChI is InChI=1S/C32H50FN7O4.CH2O2/c1-7-40(23(4)5)31(42)26-15-24(33)10-11-28(26)44-30-29(35-21-36-37-30)38-14-12-32(18-38)19-39(20-32)27(22(2)3)9-8-13-34-16-25(41)17-43-6;2-1-3/h10-11,15,21-23,25,27,34,41H,7-9,12-14,16-20H2,1-6H3;1H,(H,2,3). The molecule has 1 amide bonds. The molecule has 14 heteroatoms. The molecule has 2 atom stereocenters. The van der Waals surface area contributed by atoms with Gasteiger partial charge in [-0.15, -0.1) is 10.2 Å². The molecule has 2 fully saturated rings. The maximum Gasteiger partial charge on any atom is 0.290 e. The normalized spacial score (nSPS) is 16.9. The van der Waals surface area contributed by atoms with E-state index in [-0.39, 0.29) is 41.0 Å². The van der Waals surface area contributed by atoms with Crippen molar-refractivity contribution >= 4 is 18.2 Å². The van der Waals surface area contributed by atoms with Gasteiger partial charge in [0.15, 0.2) is 5.82 Å². The lowest BCUT2D eigenvalue weighted by Crippen LogP contribution is -2.62. The number of nitrogens with zero attached hydrogens (tertiary/aromatic N) is 6. The number of aliphatic hydroxyl groups excluding tert-OH is 1. The van der Waals surface area contributed by atoms with E-state index in [1.165, 1.54) is 24.5 Å². The number of methoxy groups -OCH3 is 1. The third-order valence-electron chi connectivity index (χ3n) is 8.82. The summed E-state index contributed by atoms with van der Waals surface area (Å²) in [4.78, 5) is 32.7. The van der Waals surface area contributed by atoms with Gasteiger partial charge in [-0.3, -0.25) is 14.5 Å². The summed E-state index contributed by atoms with van der Waals surface area (Å²) in [6.45, 7) is 16.0. The molecule has 2 unspecified atom stereocenters. The molecule has 1 aromatic heterocycles. The van der Waals surface area contributed by atoms with Crippen molar-refractivity contribution in [3.63, 3.8) is 0 Å². The first-order valence-electron chi connectivity index (χ1n) is 16.4. The number of amides is 1. The molecule has 47 heavy (non-hydrogen) atoms. The monoisotopic (exact) mass is 661 g/mol. The lowest BCUT2D eigenvalue weighted by atomic mass is 9.76. The minimum absolute atomic E-state index is 0.0488. The Labute approximate surface area is 277 Å². The number of benzene rings is 1. The summed E-state index contributed by atoms with van der Waals surface area (Å²) < 4.78 is 25.4. The molecule has 13 nitrogen and oxygen atoms in total. The first kappa shape index (κ1) is 38.0. The van der Waals surface area contributed by atoms with Crippen molar-refractivity contribution in [3.05, 3.63) is 35.9 Å². The van der Waals surface area contributed by atoms with Crippen LogP contribution in [0.4, 0.5) is 10.2 Å². The topological polar surface area (TPSA) is 153 Å². The van der Waals surface area contributed by atoms with Crippen LogP contribution in [0.5, 0.6) is 11.6 Å². The van der Waals surface area contributed by atoms with Crippen LogP contribution in [0.3, 0.4) is 0 Å². The molecule has 1 aromatic carbocycles. The lowest BCUT2D eigenvalue weighted by Gasteiger charge is -2.53. The van der Waals surface area contributed by atoms with E-state index in [0.29, 0.717) is 37.5 Å². The number of likely N-dealkylation sites (tertiary alicyclic amines) is 1. The number of halogens is 1. The van der Waals surface area contributed by atoms with Gasteiger partial charge in [-0.2, -0.15) is 0 Å². The predicted octanol–water partition coefficient (Wildman–Crippen LogP) is 3.29. The minimum Gasteiger partial charge on any atom is -0.483 e. The zero-order chi connectivity index (χ0) is 34.6. The average Bonchev–Trinajstić information content (AvgIpc) is 3.46. The SMILES string of the molecule is CCN(C(=O)c1cc(F)ccc1Oc1nncnc1N1CCC2(C1)CN(C(CCCNCC(O)COC)C(C)C)C2)C(C)C.O=CO. The zero-order valence-corrected chi connectivity index (χ0v) is 28.6. The third-order valence-corrected chi connectivity index (χ3v) is 8.82. The summed E-state index contributed by atoms with van der Waals surface area (Å²) >= 11 is 0. The fourth-order valence-corrected chi connectivity index (χ4v) is 6.62. The van der Waals surface area contributed by atoms with Crippen molar-refractivity contribution in [1.29, 1.82) is 0 Å². The molecule has 0 saturated carbocycles. The number of ether oxygens (including phenoxy) is 2. The van der Waals surface area contributed by atoms with Gasteiger partial charge in [0.05, 0.1) is 18.3 Å². The summed E-state index contributed by atoms with van der Waals surface area (Å²) in [7, 11) is 1.60. The summed E-state index contributed by atoms with van der Waals surface area (Å²) in [5, 5.41) is 28.3. The summed E-state index contributed by atoms with van der Waals surface area (Å²) in [5.41, 5.74) is 0.319. The number of hydrogen-bond donors (Lipinski definition) is 3. The van der Waals surface area contributed by atoms with Gasteiger partial charge >= 0.3 is 0 Å². The lowest BCUT2D eigenvalue weighted by molar-refractivity contribution is -0.122. The zero-order valence-electron chi connectivity index (χ0n) is 28.6. The number of nitrogens with one attached hydrogen (secondary N) is 1. The molecule has 0 bridgehead atoms. The second-order valence-electron chi connectivity index (χ2n) is 13.0. The van der Waals surface area contributed by atoms with Gasteiger partial charge < -0.3 is 34.8 Å². The number of carboxylic acid groups (broad SMARTS) is 1. The van der Waals surface area contributed by atoms with Gasteiger partial charge in [-0.05, 0) is 70.7 Å². The van der Waals surface area contributed by atoms with Gasteiger partial charge in [0.25, 0.3) is 18.3 Å². The maximum absolute atomic E-state index is 14.3. The largest absolute Gasteiger partial charge is 0.483 e.